The van der Waals surface area contributed by atoms with Gasteiger partial charge in [0.1, 0.15) is 0 Å². The van der Waals surface area contributed by atoms with Crippen LogP contribution in [0.15, 0.2) is 48.7 Å². The van der Waals surface area contributed by atoms with Gasteiger partial charge in [-0.15, -0.1) is 0 Å². The molecule has 3 aromatic rings. The first-order valence-electron chi connectivity index (χ1n) is 6.61. The number of rotatable bonds is 4. The molecule has 0 aliphatic carbocycles. The first kappa shape index (κ1) is 13.9. The smallest absolute Gasteiger partial charge is 0.190 e. The molecule has 0 radical (unpaired) electrons. The summed E-state index contributed by atoms with van der Waals surface area (Å²) in [5.41, 5.74) is 2.04. The van der Waals surface area contributed by atoms with E-state index < -0.39 is 0 Å². The number of nitrogens with one attached hydrogen (secondary N) is 2. The van der Waals surface area contributed by atoms with Crippen LogP contribution in [0.25, 0.3) is 10.2 Å². The second-order valence-corrected chi connectivity index (χ2v) is 5.88. The Hall–Kier alpha value is -2.05. The number of benzene rings is 1. The molecule has 1 aromatic carbocycles. The second kappa shape index (κ2) is 6.60. The predicted molar refractivity (Wildman–Crippen MR) is 91.8 cm³/mol. The van der Waals surface area contributed by atoms with Crippen molar-refractivity contribution in [2.75, 3.05) is 11.9 Å². The first-order valence-corrected chi connectivity index (χ1v) is 7.84. The monoisotopic (exact) mass is 314 g/mol. The minimum absolute atomic E-state index is 0.588. The van der Waals surface area contributed by atoms with Crippen LogP contribution in [0, 0.1) is 0 Å². The predicted octanol–water partition coefficient (Wildman–Crippen LogP) is 3.22. The highest BCUT2D eigenvalue weighted by molar-refractivity contribution is 7.80. The van der Waals surface area contributed by atoms with Gasteiger partial charge in [-0.3, -0.25) is 4.98 Å². The minimum Gasteiger partial charge on any atom is -0.362 e. The van der Waals surface area contributed by atoms with Crippen LogP contribution >= 0.6 is 23.6 Å². The van der Waals surface area contributed by atoms with Gasteiger partial charge in [0, 0.05) is 24.9 Å². The third-order valence-electron chi connectivity index (χ3n) is 2.91. The Kier molecular flexibility index (Phi) is 4.37. The van der Waals surface area contributed by atoms with Crippen molar-refractivity contribution in [1.82, 2.24) is 15.3 Å². The Bertz CT molecular complexity index is 707. The lowest BCUT2D eigenvalue weighted by Crippen LogP contribution is -2.30. The van der Waals surface area contributed by atoms with Gasteiger partial charge in [-0.1, -0.05) is 29.5 Å². The lowest BCUT2D eigenvalue weighted by molar-refractivity contribution is 0.847. The van der Waals surface area contributed by atoms with E-state index in [0.29, 0.717) is 5.11 Å². The maximum atomic E-state index is 5.28. The van der Waals surface area contributed by atoms with Gasteiger partial charge in [0.2, 0.25) is 0 Å². The fourth-order valence-corrected chi connectivity index (χ4v) is 3.05. The number of nitrogens with zero attached hydrogens (tertiary/aromatic N) is 2. The van der Waals surface area contributed by atoms with E-state index in [4.69, 9.17) is 12.2 Å². The molecule has 0 saturated carbocycles. The van der Waals surface area contributed by atoms with E-state index in [1.165, 1.54) is 0 Å². The molecule has 6 heteroatoms. The van der Waals surface area contributed by atoms with Crippen molar-refractivity contribution in [2.45, 2.75) is 6.42 Å². The highest BCUT2D eigenvalue weighted by Gasteiger charge is 2.04. The van der Waals surface area contributed by atoms with Gasteiger partial charge in [0.15, 0.2) is 10.2 Å². The topological polar surface area (TPSA) is 49.8 Å². The largest absolute Gasteiger partial charge is 0.362 e. The fraction of sp³-hybridized carbons (Fsp3) is 0.133. The molecular formula is C15H14N4S2. The van der Waals surface area contributed by atoms with Gasteiger partial charge >= 0.3 is 0 Å². The molecule has 0 atom stereocenters. The SMILES string of the molecule is S=C(NCCc1ccccn1)Nc1nc2ccccc2s1. The normalized spacial score (nSPS) is 10.5. The zero-order valence-electron chi connectivity index (χ0n) is 11.2. The molecule has 0 bridgehead atoms. The van der Waals surface area contributed by atoms with Gasteiger partial charge in [-0.2, -0.15) is 0 Å². The summed E-state index contributed by atoms with van der Waals surface area (Å²) in [5, 5.41) is 7.70. The van der Waals surface area contributed by atoms with Crippen LogP contribution in [-0.4, -0.2) is 21.6 Å². The number of fused-ring (bicyclic) bond motifs is 1. The van der Waals surface area contributed by atoms with Gasteiger partial charge in [0.05, 0.1) is 10.2 Å². The van der Waals surface area contributed by atoms with Gasteiger partial charge in [-0.05, 0) is 36.5 Å². The molecule has 0 fully saturated rings. The quantitative estimate of drug-likeness (QED) is 0.724. The summed E-state index contributed by atoms with van der Waals surface area (Å²) in [5.74, 6) is 0. The van der Waals surface area contributed by atoms with Gasteiger partial charge in [0.25, 0.3) is 0 Å². The van der Waals surface area contributed by atoms with E-state index >= 15 is 0 Å². The lowest BCUT2D eigenvalue weighted by atomic mass is 10.3. The van der Waals surface area contributed by atoms with Crippen LogP contribution in [-0.2, 0) is 6.42 Å². The van der Waals surface area contributed by atoms with Crippen molar-refractivity contribution in [1.29, 1.82) is 0 Å². The molecule has 4 nitrogen and oxygen atoms in total. The molecule has 21 heavy (non-hydrogen) atoms. The summed E-state index contributed by atoms with van der Waals surface area (Å²) >= 11 is 6.87. The molecule has 3 rings (SSSR count). The zero-order chi connectivity index (χ0) is 14.5. The molecule has 2 N–H and O–H groups in total. The lowest BCUT2D eigenvalue weighted by Gasteiger charge is -2.07. The van der Waals surface area contributed by atoms with Crippen molar-refractivity contribution in [3.8, 4) is 0 Å². The van der Waals surface area contributed by atoms with Crippen LogP contribution in [0.4, 0.5) is 5.13 Å². The Balaban J connectivity index is 1.52. The summed E-state index contributed by atoms with van der Waals surface area (Å²) in [6.07, 6.45) is 2.63. The third-order valence-corrected chi connectivity index (χ3v) is 4.11. The van der Waals surface area contributed by atoms with Crippen LogP contribution in [0.2, 0.25) is 0 Å². The molecule has 0 spiro atoms. The fourth-order valence-electron chi connectivity index (χ4n) is 1.92. The molecule has 2 heterocycles. The number of thiazole rings is 1. The number of thiocarbonyl (C=S) groups is 1. The molecule has 2 aromatic heterocycles. The minimum atomic E-state index is 0.588. The number of para-hydroxylation sites is 1. The summed E-state index contributed by atoms with van der Waals surface area (Å²) < 4.78 is 1.15. The van der Waals surface area contributed by atoms with E-state index in [2.05, 4.69) is 26.7 Å². The van der Waals surface area contributed by atoms with Crippen molar-refractivity contribution >= 4 is 44.0 Å². The van der Waals surface area contributed by atoms with Crippen molar-refractivity contribution in [3.05, 3.63) is 54.4 Å². The maximum Gasteiger partial charge on any atom is 0.190 e. The van der Waals surface area contributed by atoms with Crippen LogP contribution < -0.4 is 10.6 Å². The maximum absolute atomic E-state index is 5.28. The molecule has 0 aliphatic rings. The average Bonchev–Trinajstić information content (AvgIpc) is 2.90. The summed E-state index contributed by atoms with van der Waals surface area (Å²) in [7, 11) is 0. The highest BCUT2D eigenvalue weighted by atomic mass is 32.1. The summed E-state index contributed by atoms with van der Waals surface area (Å²) in [6, 6.07) is 13.9. The molecule has 0 amide bonds. The Morgan fingerprint density at radius 3 is 2.81 bits per heavy atom. The third kappa shape index (κ3) is 3.74. The van der Waals surface area contributed by atoms with E-state index in [-0.39, 0.29) is 0 Å². The van der Waals surface area contributed by atoms with Crippen LogP contribution in [0.5, 0.6) is 0 Å². The second-order valence-electron chi connectivity index (χ2n) is 4.44. The summed E-state index contributed by atoms with van der Waals surface area (Å²) in [6.45, 7) is 0.744. The molecule has 0 saturated heterocycles. The molecular weight excluding hydrogens is 300 g/mol. The zero-order valence-corrected chi connectivity index (χ0v) is 12.9. The molecule has 0 aliphatic heterocycles. The van der Waals surface area contributed by atoms with E-state index in [1.807, 2.05) is 36.4 Å². The Morgan fingerprint density at radius 2 is 2.00 bits per heavy atom. The number of anilines is 1. The number of aromatic nitrogens is 2. The Morgan fingerprint density at radius 1 is 1.14 bits per heavy atom. The van der Waals surface area contributed by atoms with Crippen molar-refractivity contribution in [2.24, 2.45) is 0 Å². The van der Waals surface area contributed by atoms with E-state index in [0.717, 1.165) is 34.0 Å². The van der Waals surface area contributed by atoms with Crippen molar-refractivity contribution in [3.63, 3.8) is 0 Å². The number of hydrogen-bond acceptors (Lipinski definition) is 4. The van der Waals surface area contributed by atoms with Gasteiger partial charge < -0.3 is 10.6 Å². The average molecular weight is 314 g/mol. The molecule has 0 unspecified atom stereocenters. The van der Waals surface area contributed by atoms with Gasteiger partial charge in [-0.25, -0.2) is 4.98 Å². The van der Waals surface area contributed by atoms with Crippen LogP contribution in [0.3, 0.4) is 0 Å². The Labute approximate surface area is 132 Å². The number of hydrogen-bond donors (Lipinski definition) is 2. The van der Waals surface area contributed by atoms with Crippen molar-refractivity contribution < 1.29 is 0 Å². The molecule has 106 valence electrons. The first-order chi connectivity index (χ1) is 10.3. The number of pyridine rings is 1. The standard InChI is InChI=1S/C15H14N4S2/c20-14(17-10-8-11-5-3-4-9-16-11)19-15-18-12-6-1-2-7-13(12)21-15/h1-7,9H,8,10H2,(H2,17,18,19,20). The van der Waals surface area contributed by atoms with Crippen LogP contribution in [0.1, 0.15) is 5.69 Å². The van der Waals surface area contributed by atoms with E-state index in [1.54, 1.807) is 17.5 Å². The highest BCUT2D eigenvalue weighted by Crippen LogP contribution is 2.25. The summed E-state index contributed by atoms with van der Waals surface area (Å²) in [4.78, 5) is 8.76. The van der Waals surface area contributed by atoms with E-state index in [9.17, 15) is 0 Å².